The second-order valence-corrected chi connectivity index (χ2v) is 9.07. The Kier molecular flexibility index (Phi) is 12.4. The van der Waals surface area contributed by atoms with Crippen molar-refractivity contribution >= 4 is 23.7 Å². The average Bonchev–Trinajstić information content (AvgIpc) is 3.37. The van der Waals surface area contributed by atoms with Crippen molar-refractivity contribution in [1.29, 1.82) is 0 Å². The number of Topliss-reactive ketones (excluding diaryl/α,β-unsaturated/α-hetero) is 1. The molecule has 0 atom stereocenters. The molecule has 2 amide bonds. The minimum Gasteiger partial charge on any atom is -0.457 e. The summed E-state index contributed by atoms with van der Waals surface area (Å²) < 4.78 is 83.8. The summed E-state index contributed by atoms with van der Waals surface area (Å²) in [5, 5.41) is 11.0. The topological polar surface area (TPSA) is 109 Å². The van der Waals surface area contributed by atoms with Gasteiger partial charge in [0.1, 0.15) is 17.3 Å². The zero-order valence-electron chi connectivity index (χ0n) is 21.5. The molecule has 2 aromatic rings. The van der Waals surface area contributed by atoms with Crippen molar-refractivity contribution in [1.82, 2.24) is 10.8 Å². The largest absolute Gasteiger partial charge is 0.457 e. The third-order valence-electron chi connectivity index (χ3n) is 5.81. The number of nitrogens with one attached hydrogen (secondary N) is 2. The molecule has 220 valence electrons. The molecule has 0 aliphatic carbocycles. The molecule has 1 aromatic heterocycles. The van der Waals surface area contributed by atoms with Crippen LogP contribution in [-0.4, -0.2) is 29.3 Å². The third-order valence-corrected chi connectivity index (χ3v) is 5.81. The number of carbonyl (C=O) groups is 3. The molecule has 13 heteroatoms. The monoisotopic (exact) mass is 576 g/mol. The quantitative estimate of drug-likeness (QED) is 0.0719. The Morgan fingerprint density at radius 1 is 0.800 bits per heavy atom. The van der Waals surface area contributed by atoms with Crippen molar-refractivity contribution in [2.24, 2.45) is 0 Å². The van der Waals surface area contributed by atoms with E-state index in [1.54, 1.807) is 5.48 Å². The predicted molar refractivity (Wildman–Crippen MR) is 133 cm³/mol. The molecular weight excluding hydrogens is 546 g/mol. The van der Waals surface area contributed by atoms with E-state index in [1.807, 2.05) is 0 Å². The third kappa shape index (κ3) is 11.6. The van der Waals surface area contributed by atoms with Crippen LogP contribution in [0.1, 0.15) is 74.7 Å². The SMILES string of the molecule is O=C(CCCCCNC(=O)/C=C/c1ccc(-c2cc(C(F)(F)F)cc(C(F)(F)F)c2)o1)CCCCCC(=O)NO. The first-order valence-electron chi connectivity index (χ1n) is 12.6. The molecular formula is C27H30F6N2O5. The highest BCUT2D eigenvalue weighted by atomic mass is 19.4. The lowest BCUT2D eigenvalue weighted by Gasteiger charge is -2.13. The number of halogens is 6. The molecule has 0 aliphatic rings. The van der Waals surface area contributed by atoms with E-state index in [4.69, 9.17) is 9.62 Å². The maximum absolute atomic E-state index is 13.1. The molecule has 0 saturated heterocycles. The lowest BCUT2D eigenvalue weighted by Crippen LogP contribution is -2.21. The number of furan rings is 1. The maximum atomic E-state index is 13.1. The Bertz CT molecular complexity index is 1140. The van der Waals surface area contributed by atoms with Crippen molar-refractivity contribution in [2.45, 2.75) is 70.1 Å². The Morgan fingerprint density at radius 2 is 1.38 bits per heavy atom. The Labute approximate surface area is 226 Å². The van der Waals surface area contributed by atoms with E-state index in [2.05, 4.69) is 5.32 Å². The van der Waals surface area contributed by atoms with Gasteiger partial charge >= 0.3 is 12.4 Å². The Balaban J connectivity index is 1.74. The number of rotatable bonds is 15. The van der Waals surface area contributed by atoms with Gasteiger partial charge < -0.3 is 9.73 Å². The van der Waals surface area contributed by atoms with E-state index in [9.17, 15) is 40.7 Å². The van der Waals surface area contributed by atoms with Gasteiger partial charge in [-0.3, -0.25) is 19.6 Å². The molecule has 40 heavy (non-hydrogen) atoms. The number of amides is 2. The number of hydrogen-bond donors (Lipinski definition) is 3. The first-order valence-corrected chi connectivity index (χ1v) is 12.6. The Morgan fingerprint density at radius 3 is 1.95 bits per heavy atom. The molecule has 0 bridgehead atoms. The molecule has 0 fully saturated rings. The summed E-state index contributed by atoms with van der Waals surface area (Å²) in [5.41, 5.74) is -1.78. The van der Waals surface area contributed by atoms with E-state index < -0.39 is 40.9 Å². The predicted octanol–water partition coefficient (Wildman–Crippen LogP) is 6.70. The first kappa shape index (κ1) is 32.6. The molecule has 0 spiro atoms. The number of benzene rings is 1. The van der Waals surface area contributed by atoms with Crippen molar-refractivity contribution < 1.29 is 50.4 Å². The maximum Gasteiger partial charge on any atom is 0.416 e. The highest BCUT2D eigenvalue weighted by Gasteiger charge is 2.37. The molecule has 2 rings (SSSR count). The van der Waals surface area contributed by atoms with Gasteiger partial charge in [0, 0.05) is 37.4 Å². The fourth-order valence-electron chi connectivity index (χ4n) is 3.71. The smallest absolute Gasteiger partial charge is 0.416 e. The van der Waals surface area contributed by atoms with Gasteiger partial charge in [-0.25, -0.2) is 5.48 Å². The minimum absolute atomic E-state index is 0.0304. The summed E-state index contributed by atoms with van der Waals surface area (Å²) in [5.74, 6) is -0.964. The highest BCUT2D eigenvalue weighted by Crippen LogP contribution is 2.39. The van der Waals surface area contributed by atoms with Gasteiger partial charge in [0.25, 0.3) is 0 Å². The van der Waals surface area contributed by atoms with Crippen LogP contribution in [0.5, 0.6) is 0 Å². The summed E-state index contributed by atoms with van der Waals surface area (Å²) >= 11 is 0. The van der Waals surface area contributed by atoms with E-state index >= 15 is 0 Å². The molecule has 3 N–H and O–H groups in total. The van der Waals surface area contributed by atoms with Crippen LogP contribution in [0, 0.1) is 0 Å². The summed E-state index contributed by atoms with van der Waals surface area (Å²) in [6.45, 7) is 0.345. The van der Waals surface area contributed by atoms with Crippen LogP contribution in [0.3, 0.4) is 0 Å². The minimum atomic E-state index is -4.98. The zero-order valence-corrected chi connectivity index (χ0v) is 21.5. The van der Waals surface area contributed by atoms with Crippen LogP contribution < -0.4 is 10.8 Å². The van der Waals surface area contributed by atoms with Gasteiger partial charge in [0.05, 0.1) is 11.1 Å². The van der Waals surface area contributed by atoms with Gasteiger partial charge in [-0.15, -0.1) is 0 Å². The second-order valence-electron chi connectivity index (χ2n) is 9.07. The lowest BCUT2D eigenvalue weighted by atomic mass is 10.0. The van der Waals surface area contributed by atoms with E-state index in [-0.39, 0.29) is 29.8 Å². The van der Waals surface area contributed by atoms with Crippen molar-refractivity contribution in [3.05, 3.63) is 53.3 Å². The van der Waals surface area contributed by atoms with Crippen LogP contribution in [0.15, 0.2) is 40.8 Å². The molecule has 0 unspecified atom stereocenters. The highest BCUT2D eigenvalue weighted by molar-refractivity contribution is 5.91. The standard InChI is InChI=1S/C27H30F6N2O5/c28-26(29,30)19-15-18(16-20(17-19)27(31,32)33)23-12-10-22(40-23)11-13-24(37)34-14-6-2-4-8-21(36)7-3-1-5-9-25(38)35-39/h10-13,15-17,39H,1-9,14H2,(H,34,37)(H,35,38)/b13-11+. The van der Waals surface area contributed by atoms with Gasteiger partial charge in [-0.2, -0.15) is 26.3 Å². The van der Waals surface area contributed by atoms with Gasteiger partial charge in [-0.05, 0) is 62.1 Å². The van der Waals surface area contributed by atoms with Crippen LogP contribution >= 0.6 is 0 Å². The summed E-state index contributed by atoms with van der Waals surface area (Å²) in [7, 11) is 0. The molecule has 0 radical (unpaired) electrons. The van der Waals surface area contributed by atoms with Crippen LogP contribution in [0.2, 0.25) is 0 Å². The van der Waals surface area contributed by atoms with Gasteiger partial charge in [-0.1, -0.05) is 12.8 Å². The Hall–Kier alpha value is -3.61. The zero-order chi connectivity index (χ0) is 29.8. The van der Waals surface area contributed by atoms with Crippen molar-refractivity contribution in [3.63, 3.8) is 0 Å². The number of hydrogen-bond acceptors (Lipinski definition) is 5. The summed E-state index contributed by atoms with van der Waals surface area (Å²) in [4.78, 5) is 34.7. The molecule has 7 nitrogen and oxygen atoms in total. The fraction of sp³-hybridized carbons (Fsp3) is 0.444. The van der Waals surface area contributed by atoms with E-state index in [0.29, 0.717) is 70.0 Å². The molecule has 1 aromatic carbocycles. The second kappa shape index (κ2) is 15.2. The summed E-state index contributed by atoms with van der Waals surface area (Å²) in [6, 6.07) is 3.68. The number of ketones is 1. The van der Waals surface area contributed by atoms with Gasteiger partial charge in [0.15, 0.2) is 0 Å². The molecule has 0 aliphatic heterocycles. The van der Waals surface area contributed by atoms with Crippen LogP contribution in [0.4, 0.5) is 26.3 Å². The average molecular weight is 577 g/mol. The van der Waals surface area contributed by atoms with E-state index in [0.717, 1.165) is 6.08 Å². The van der Waals surface area contributed by atoms with Gasteiger partial charge in [0.2, 0.25) is 11.8 Å². The van der Waals surface area contributed by atoms with Crippen molar-refractivity contribution in [3.8, 4) is 11.3 Å². The lowest BCUT2D eigenvalue weighted by molar-refractivity contribution is -0.143. The summed E-state index contributed by atoms with van der Waals surface area (Å²) in [6.07, 6.45) is -2.56. The fourth-order valence-corrected chi connectivity index (χ4v) is 3.71. The normalized spacial score (nSPS) is 12.1. The van der Waals surface area contributed by atoms with Crippen LogP contribution in [-0.2, 0) is 26.7 Å². The molecule has 1 heterocycles. The molecule has 0 saturated carbocycles. The number of unbranched alkanes of at least 4 members (excludes halogenated alkanes) is 4. The first-order chi connectivity index (χ1) is 18.8. The number of alkyl halides is 6. The van der Waals surface area contributed by atoms with Crippen molar-refractivity contribution in [2.75, 3.05) is 6.54 Å². The number of carbonyl (C=O) groups excluding carboxylic acids is 3. The van der Waals surface area contributed by atoms with E-state index in [1.165, 1.54) is 18.2 Å². The number of hydroxylamine groups is 1. The van der Waals surface area contributed by atoms with Crippen LogP contribution in [0.25, 0.3) is 17.4 Å².